The van der Waals surface area contributed by atoms with Gasteiger partial charge in [0.1, 0.15) is 18.0 Å². The van der Waals surface area contributed by atoms with Crippen LogP contribution >= 0.6 is 0 Å². The maximum absolute atomic E-state index is 11.3. The summed E-state index contributed by atoms with van der Waals surface area (Å²) in [6.45, 7) is 2.03. The maximum atomic E-state index is 11.3. The number of nitrogens with zero attached hydrogens (tertiary/aromatic N) is 2. The molecule has 0 saturated heterocycles. The number of para-hydroxylation sites is 1. The van der Waals surface area contributed by atoms with Crippen LogP contribution in [0.3, 0.4) is 0 Å². The van der Waals surface area contributed by atoms with Crippen molar-refractivity contribution in [1.82, 2.24) is 9.97 Å². The summed E-state index contributed by atoms with van der Waals surface area (Å²) in [5.41, 5.74) is 8.57. The molecule has 0 spiro atoms. The normalized spacial score (nSPS) is 10.2. The highest BCUT2D eigenvalue weighted by atomic mass is 16.1. The molecule has 3 aromatic rings. The molecule has 1 aromatic heterocycles. The lowest BCUT2D eigenvalue weighted by Crippen LogP contribution is -2.10. The zero-order chi connectivity index (χ0) is 16.9. The number of carbonyl (C=O) groups is 1. The molecular formula is C18H17N5O. The van der Waals surface area contributed by atoms with Gasteiger partial charge in [-0.15, -0.1) is 0 Å². The fourth-order valence-electron chi connectivity index (χ4n) is 2.24. The molecule has 0 fully saturated rings. The van der Waals surface area contributed by atoms with Crippen LogP contribution in [0.15, 0.2) is 60.9 Å². The maximum Gasteiger partial charge on any atom is 0.248 e. The number of rotatable bonds is 5. The molecule has 0 aliphatic rings. The van der Waals surface area contributed by atoms with E-state index in [1.807, 2.05) is 37.3 Å². The van der Waals surface area contributed by atoms with E-state index in [2.05, 4.69) is 20.6 Å². The Labute approximate surface area is 139 Å². The summed E-state index contributed by atoms with van der Waals surface area (Å²) in [7, 11) is 0. The fraction of sp³-hybridized carbons (Fsp3) is 0.0556. The average Bonchev–Trinajstić information content (AvgIpc) is 2.57. The fourth-order valence-corrected chi connectivity index (χ4v) is 2.24. The Bertz CT molecular complexity index is 879. The number of hydrogen-bond acceptors (Lipinski definition) is 5. The number of primary amides is 1. The van der Waals surface area contributed by atoms with Crippen molar-refractivity contribution in [3.05, 3.63) is 72.1 Å². The largest absolute Gasteiger partial charge is 0.366 e. The number of aryl methyl sites for hydroxylation is 1. The van der Waals surface area contributed by atoms with Crippen molar-refractivity contribution in [3.8, 4) is 0 Å². The molecule has 1 amide bonds. The van der Waals surface area contributed by atoms with Gasteiger partial charge in [-0.3, -0.25) is 4.79 Å². The minimum absolute atomic E-state index is 0.437. The van der Waals surface area contributed by atoms with Crippen molar-refractivity contribution in [1.29, 1.82) is 0 Å². The molecule has 0 atom stereocenters. The third-order valence-electron chi connectivity index (χ3n) is 3.49. The molecule has 0 aliphatic heterocycles. The first-order chi connectivity index (χ1) is 11.6. The number of nitrogens with two attached hydrogens (primary N) is 1. The molecular weight excluding hydrogens is 302 g/mol. The van der Waals surface area contributed by atoms with Gasteiger partial charge in [-0.2, -0.15) is 0 Å². The first kappa shape index (κ1) is 15.5. The number of nitrogens with one attached hydrogen (secondary N) is 2. The van der Waals surface area contributed by atoms with E-state index in [0.717, 1.165) is 16.9 Å². The first-order valence-corrected chi connectivity index (χ1v) is 7.43. The van der Waals surface area contributed by atoms with Crippen LogP contribution < -0.4 is 16.4 Å². The zero-order valence-corrected chi connectivity index (χ0v) is 13.2. The van der Waals surface area contributed by atoms with Crippen LogP contribution in [0.25, 0.3) is 0 Å². The van der Waals surface area contributed by atoms with Crippen LogP contribution in [0, 0.1) is 6.92 Å². The number of aromatic nitrogens is 2. The summed E-state index contributed by atoms with van der Waals surface area (Å²) >= 11 is 0. The molecule has 1 heterocycles. The van der Waals surface area contributed by atoms with Gasteiger partial charge in [-0.1, -0.05) is 24.3 Å². The SMILES string of the molecule is Cc1ccccc1Nc1cc(Nc2cccc(C(N)=O)c2)ncn1. The van der Waals surface area contributed by atoms with E-state index in [1.54, 1.807) is 24.3 Å². The Kier molecular flexibility index (Phi) is 4.38. The van der Waals surface area contributed by atoms with E-state index < -0.39 is 5.91 Å². The first-order valence-electron chi connectivity index (χ1n) is 7.43. The molecule has 120 valence electrons. The molecule has 3 rings (SSSR count). The third kappa shape index (κ3) is 3.67. The number of carbonyl (C=O) groups excluding carboxylic acids is 1. The van der Waals surface area contributed by atoms with Crippen LogP contribution in [-0.2, 0) is 0 Å². The summed E-state index contributed by atoms with van der Waals surface area (Å²) in [4.78, 5) is 19.7. The van der Waals surface area contributed by atoms with Crippen molar-refractivity contribution in [2.45, 2.75) is 6.92 Å². The Balaban J connectivity index is 1.79. The van der Waals surface area contributed by atoms with Gasteiger partial charge in [-0.25, -0.2) is 9.97 Å². The number of benzene rings is 2. The smallest absolute Gasteiger partial charge is 0.248 e. The second-order valence-corrected chi connectivity index (χ2v) is 5.30. The lowest BCUT2D eigenvalue weighted by atomic mass is 10.2. The van der Waals surface area contributed by atoms with Gasteiger partial charge in [0.15, 0.2) is 0 Å². The second-order valence-electron chi connectivity index (χ2n) is 5.30. The van der Waals surface area contributed by atoms with Gasteiger partial charge in [0.25, 0.3) is 0 Å². The lowest BCUT2D eigenvalue weighted by Gasteiger charge is -2.10. The van der Waals surface area contributed by atoms with Crippen molar-refractivity contribution in [3.63, 3.8) is 0 Å². The van der Waals surface area contributed by atoms with E-state index in [1.165, 1.54) is 6.33 Å². The Hall–Kier alpha value is -3.41. The molecule has 4 N–H and O–H groups in total. The Morgan fingerprint density at radius 1 is 0.958 bits per heavy atom. The van der Waals surface area contributed by atoms with Crippen molar-refractivity contribution in [2.75, 3.05) is 10.6 Å². The highest BCUT2D eigenvalue weighted by molar-refractivity contribution is 5.93. The lowest BCUT2D eigenvalue weighted by molar-refractivity contribution is 0.100. The minimum Gasteiger partial charge on any atom is -0.366 e. The number of anilines is 4. The van der Waals surface area contributed by atoms with Crippen molar-refractivity contribution < 1.29 is 4.79 Å². The molecule has 0 bridgehead atoms. The average molecular weight is 319 g/mol. The molecule has 0 unspecified atom stereocenters. The predicted molar refractivity (Wildman–Crippen MR) is 94.7 cm³/mol. The molecule has 2 aromatic carbocycles. The topological polar surface area (TPSA) is 92.9 Å². The van der Waals surface area contributed by atoms with Crippen LogP contribution in [0.1, 0.15) is 15.9 Å². The van der Waals surface area contributed by atoms with Crippen molar-refractivity contribution >= 4 is 28.9 Å². The quantitative estimate of drug-likeness (QED) is 0.670. The zero-order valence-electron chi connectivity index (χ0n) is 13.2. The molecule has 24 heavy (non-hydrogen) atoms. The molecule has 0 saturated carbocycles. The predicted octanol–water partition coefficient (Wildman–Crippen LogP) is 3.37. The van der Waals surface area contributed by atoms with Gasteiger partial charge >= 0.3 is 0 Å². The summed E-state index contributed by atoms with van der Waals surface area (Å²) in [5, 5.41) is 6.40. The number of amides is 1. The second kappa shape index (κ2) is 6.78. The molecule has 0 aliphatic carbocycles. The van der Waals surface area contributed by atoms with E-state index >= 15 is 0 Å². The number of hydrogen-bond donors (Lipinski definition) is 3. The van der Waals surface area contributed by atoms with Crippen LogP contribution in [0.2, 0.25) is 0 Å². The highest BCUT2D eigenvalue weighted by Crippen LogP contribution is 2.21. The Morgan fingerprint density at radius 3 is 2.46 bits per heavy atom. The monoisotopic (exact) mass is 319 g/mol. The third-order valence-corrected chi connectivity index (χ3v) is 3.49. The van der Waals surface area contributed by atoms with E-state index in [-0.39, 0.29) is 0 Å². The summed E-state index contributed by atoms with van der Waals surface area (Å²) < 4.78 is 0. The summed E-state index contributed by atoms with van der Waals surface area (Å²) in [6.07, 6.45) is 1.47. The van der Waals surface area contributed by atoms with Crippen LogP contribution in [0.5, 0.6) is 0 Å². The van der Waals surface area contributed by atoms with Crippen LogP contribution in [-0.4, -0.2) is 15.9 Å². The van der Waals surface area contributed by atoms with Gasteiger partial charge < -0.3 is 16.4 Å². The van der Waals surface area contributed by atoms with Crippen molar-refractivity contribution in [2.24, 2.45) is 5.73 Å². The standard InChI is InChI=1S/C18H17N5O/c1-12-5-2-3-8-15(12)23-17-10-16(20-11-21-17)22-14-7-4-6-13(9-14)18(19)24/h2-11H,1H3,(H2,19,24)(H2,20,21,22,23). The molecule has 6 heteroatoms. The van der Waals surface area contributed by atoms with E-state index in [4.69, 9.17) is 5.73 Å². The highest BCUT2D eigenvalue weighted by Gasteiger charge is 2.04. The van der Waals surface area contributed by atoms with Crippen LogP contribution in [0.4, 0.5) is 23.0 Å². The van der Waals surface area contributed by atoms with Gasteiger partial charge in [0, 0.05) is 23.0 Å². The van der Waals surface area contributed by atoms with E-state index in [0.29, 0.717) is 17.2 Å². The summed E-state index contributed by atoms with van der Waals surface area (Å²) in [5.74, 6) is 0.818. The molecule has 0 radical (unpaired) electrons. The molecule has 6 nitrogen and oxygen atoms in total. The van der Waals surface area contributed by atoms with Gasteiger partial charge in [0.05, 0.1) is 0 Å². The summed E-state index contributed by atoms with van der Waals surface area (Å²) in [6, 6.07) is 16.7. The Morgan fingerprint density at radius 2 is 1.71 bits per heavy atom. The van der Waals surface area contributed by atoms with E-state index in [9.17, 15) is 4.79 Å². The van der Waals surface area contributed by atoms with Gasteiger partial charge in [0.2, 0.25) is 5.91 Å². The van der Waals surface area contributed by atoms with Gasteiger partial charge in [-0.05, 0) is 36.8 Å². The minimum atomic E-state index is -0.469.